The number of hydrogen-bond acceptors (Lipinski definition) is 6. The standard InChI is InChI=1S/C20H28N6O4/c1-3-30-19(28)13(2)22-20(29)21-10-11-26-17-9-8-14(12-16(17)24-25-26)18(27)23-15-6-4-5-7-15/h8-9,12-13,15H,3-7,10-11H2,1-2H3,(H,23,27)(H2,21,22,29). The van der Waals surface area contributed by atoms with Crippen molar-refractivity contribution >= 4 is 28.9 Å². The van der Waals surface area contributed by atoms with Crippen molar-refractivity contribution in [3.63, 3.8) is 0 Å². The Bertz CT molecular complexity index is 906. The van der Waals surface area contributed by atoms with Crippen LogP contribution in [0.15, 0.2) is 18.2 Å². The second-order valence-electron chi connectivity index (χ2n) is 7.34. The molecule has 0 saturated heterocycles. The molecule has 3 N–H and O–H groups in total. The van der Waals surface area contributed by atoms with Crippen LogP contribution in [-0.2, 0) is 16.1 Å². The Morgan fingerprint density at radius 3 is 2.77 bits per heavy atom. The van der Waals surface area contributed by atoms with Crippen molar-refractivity contribution in [3.8, 4) is 0 Å². The lowest BCUT2D eigenvalue weighted by Crippen LogP contribution is -2.45. The van der Waals surface area contributed by atoms with Crippen LogP contribution >= 0.6 is 0 Å². The lowest BCUT2D eigenvalue weighted by atomic mass is 10.1. The molecular weight excluding hydrogens is 388 g/mol. The third-order valence-electron chi connectivity index (χ3n) is 5.06. The summed E-state index contributed by atoms with van der Waals surface area (Å²) in [6, 6.07) is 4.35. The fourth-order valence-electron chi connectivity index (χ4n) is 3.47. The third kappa shape index (κ3) is 5.46. The molecule has 0 aliphatic heterocycles. The number of urea groups is 1. The fraction of sp³-hybridized carbons (Fsp3) is 0.550. The smallest absolute Gasteiger partial charge is 0.328 e. The van der Waals surface area contributed by atoms with E-state index in [1.165, 1.54) is 0 Å². The van der Waals surface area contributed by atoms with E-state index in [4.69, 9.17) is 4.74 Å². The van der Waals surface area contributed by atoms with Crippen LogP contribution in [0.2, 0.25) is 0 Å². The fourth-order valence-corrected chi connectivity index (χ4v) is 3.47. The Morgan fingerprint density at radius 1 is 1.27 bits per heavy atom. The number of esters is 1. The molecule has 1 fully saturated rings. The summed E-state index contributed by atoms with van der Waals surface area (Å²) in [6.07, 6.45) is 4.38. The van der Waals surface area contributed by atoms with Gasteiger partial charge in [0.05, 0.1) is 18.7 Å². The van der Waals surface area contributed by atoms with Gasteiger partial charge in [0.25, 0.3) is 5.91 Å². The van der Waals surface area contributed by atoms with Gasteiger partial charge in [0, 0.05) is 18.2 Å². The van der Waals surface area contributed by atoms with Gasteiger partial charge >= 0.3 is 12.0 Å². The van der Waals surface area contributed by atoms with Gasteiger partial charge in [-0.1, -0.05) is 18.1 Å². The SMILES string of the molecule is CCOC(=O)C(C)NC(=O)NCCn1nnc2cc(C(=O)NC3CCCC3)ccc21. The first-order chi connectivity index (χ1) is 14.5. The highest BCUT2D eigenvalue weighted by Gasteiger charge is 2.19. The molecule has 0 radical (unpaired) electrons. The minimum absolute atomic E-state index is 0.0904. The molecule has 1 saturated carbocycles. The highest BCUT2D eigenvalue weighted by atomic mass is 16.5. The largest absolute Gasteiger partial charge is 0.464 e. The summed E-state index contributed by atoms with van der Waals surface area (Å²) in [5, 5.41) is 16.5. The highest BCUT2D eigenvalue weighted by Crippen LogP contribution is 2.19. The molecule has 1 aromatic heterocycles. The van der Waals surface area contributed by atoms with E-state index in [2.05, 4.69) is 26.3 Å². The second-order valence-corrected chi connectivity index (χ2v) is 7.34. The summed E-state index contributed by atoms with van der Waals surface area (Å²) in [5.74, 6) is -0.574. The van der Waals surface area contributed by atoms with Crippen LogP contribution in [0, 0.1) is 0 Å². The first-order valence-electron chi connectivity index (χ1n) is 10.3. The predicted molar refractivity (Wildman–Crippen MR) is 110 cm³/mol. The van der Waals surface area contributed by atoms with Gasteiger partial charge in [-0.25, -0.2) is 14.3 Å². The number of nitrogens with zero attached hydrogens (tertiary/aromatic N) is 3. The lowest BCUT2D eigenvalue weighted by Gasteiger charge is -2.13. The van der Waals surface area contributed by atoms with Gasteiger partial charge in [0.2, 0.25) is 0 Å². The van der Waals surface area contributed by atoms with Gasteiger partial charge in [-0.05, 0) is 44.9 Å². The average molecular weight is 416 g/mol. The van der Waals surface area contributed by atoms with Crippen molar-refractivity contribution in [2.24, 2.45) is 0 Å². The molecule has 10 heteroatoms. The summed E-state index contributed by atoms with van der Waals surface area (Å²) in [7, 11) is 0. The summed E-state index contributed by atoms with van der Waals surface area (Å²) in [5.41, 5.74) is 1.95. The van der Waals surface area contributed by atoms with Crippen molar-refractivity contribution in [2.45, 2.75) is 58.2 Å². The minimum atomic E-state index is -0.731. The topological polar surface area (TPSA) is 127 Å². The van der Waals surface area contributed by atoms with Crippen molar-refractivity contribution in [2.75, 3.05) is 13.2 Å². The van der Waals surface area contributed by atoms with Crippen LogP contribution in [0.5, 0.6) is 0 Å². The van der Waals surface area contributed by atoms with E-state index >= 15 is 0 Å². The first-order valence-corrected chi connectivity index (χ1v) is 10.3. The number of benzene rings is 1. The number of aromatic nitrogens is 3. The van der Waals surface area contributed by atoms with E-state index in [-0.39, 0.29) is 18.6 Å². The monoisotopic (exact) mass is 416 g/mol. The predicted octanol–water partition coefficient (Wildman–Crippen LogP) is 1.35. The van der Waals surface area contributed by atoms with Gasteiger partial charge in [0.1, 0.15) is 11.6 Å². The molecule has 1 aliphatic carbocycles. The first kappa shape index (κ1) is 21.5. The Labute approximate surface area is 174 Å². The Morgan fingerprint density at radius 2 is 2.03 bits per heavy atom. The van der Waals surface area contributed by atoms with Gasteiger partial charge in [-0.3, -0.25) is 4.79 Å². The highest BCUT2D eigenvalue weighted by molar-refractivity contribution is 5.97. The van der Waals surface area contributed by atoms with E-state index in [1.54, 1.807) is 30.7 Å². The Balaban J connectivity index is 1.51. The van der Waals surface area contributed by atoms with Crippen molar-refractivity contribution in [3.05, 3.63) is 23.8 Å². The Kier molecular flexibility index (Phi) is 7.21. The minimum Gasteiger partial charge on any atom is -0.464 e. The molecule has 0 spiro atoms. The number of rotatable bonds is 8. The van der Waals surface area contributed by atoms with Crippen LogP contribution in [0.1, 0.15) is 49.9 Å². The maximum absolute atomic E-state index is 12.4. The van der Waals surface area contributed by atoms with E-state index in [0.717, 1.165) is 31.2 Å². The summed E-state index contributed by atoms with van der Waals surface area (Å²) < 4.78 is 6.50. The zero-order chi connectivity index (χ0) is 21.5. The number of fused-ring (bicyclic) bond motifs is 1. The molecule has 1 aliphatic rings. The number of ether oxygens (including phenoxy) is 1. The Hall–Kier alpha value is -3.17. The van der Waals surface area contributed by atoms with E-state index in [0.29, 0.717) is 24.2 Å². The number of amides is 3. The van der Waals surface area contributed by atoms with Crippen LogP contribution < -0.4 is 16.0 Å². The van der Waals surface area contributed by atoms with E-state index in [9.17, 15) is 14.4 Å². The second kappa shape index (κ2) is 10.0. The zero-order valence-electron chi connectivity index (χ0n) is 17.3. The number of carbonyl (C=O) groups excluding carboxylic acids is 3. The van der Waals surface area contributed by atoms with Crippen LogP contribution in [0.3, 0.4) is 0 Å². The van der Waals surface area contributed by atoms with Crippen molar-refractivity contribution in [1.29, 1.82) is 0 Å². The molecule has 1 heterocycles. The van der Waals surface area contributed by atoms with Gasteiger partial charge in [0.15, 0.2) is 0 Å². The van der Waals surface area contributed by atoms with Gasteiger partial charge < -0.3 is 20.7 Å². The summed E-state index contributed by atoms with van der Waals surface area (Å²) >= 11 is 0. The van der Waals surface area contributed by atoms with Crippen LogP contribution in [-0.4, -0.2) is 58.1 Å². The quantitative estimate of drug-likeness (QED) is 0.558. The summed E-state index contributed by atoms with van der Waals surface area (Å²) in [4.78, 5) is 35.9. The molecule has 1 unspecified atom stereocenters. The normalized spacial score (nSPS) is 15.0. The molecule has 3 amide bonds. The molecule has 162 valence electrons. The third-order valence-corrected chi connectivity index (χ3v) is 5.06. The molecule has 10 nitrogen and oxygen atoms in total. The van der Waals surface area contributed by atoms with E-state index in [1.807, 2.05) is 6.07 Å². The molecular formula is C20H28N6O4. The maximum atomic E-state index is 12.4. The molecule has 1 aromatic carbocycles. The van der Waals surface area contributed by atoms with Gasteiger partial charge in [-0.15, -0.1) is 5.10 Å². The molecule has 0 bridgehead atoms. The number of carbonyl (C=O) groups is 3. The van der Waals surface area contributed by atoms with Crippen LogP contribution in [0.25, 0.3) is 11.0 Å². The molecule has 30 heavy (non-hydrogen) atoms. The average Bonchev–Trinajstić information content (AvgIpc) is 3.37. The molecule has 1 atom stereocenters. The number of hydrogen-bond donors (Lipinski definition) is 3. The number of nitrogens with one attached hydrogen (secondary N) is 3. The lowest BCUT2D eigenvalue weighted by molar-refractivity contribution is -0.144. The van der Waals surface area contributed by atoms with Crippen LogP contribution in [0.4, 0.5) is 4.79 Å². The zero-order valence-corrected chi connectivity index (χ0v) is 17.3. The molecule has 2 aromatic rings. The van der Waals surface area contributed by atoms with Crippen molar-refractivity contribution < 1.29 is 19.1 Å². The van der Waals surface area contributed by atoms with E-state index < -0.39 is 18.0 Å². The molecule has 3 rings (SSSR count). The van der Waals surface area contributed by atoms with Crippen molar-refractivity contribution in [1.82, 2.24) is 30.9 Å². The maximum Gasteiger partial charge on any atom is 0.328 e. The van der Waals surface area contributed by atoms with Gasteiger partial charge in [-0.2, -0.15) is 0 Å². The summed E-state index contributed by atoms with van der Waals surface area (Å²) in [6.45, 7) is 4.21.